The normalized spacial score (nSPS) is 11.6. The lowest BCUT2D eigenvalue weighted by Gasteiger charge is -2.19. The highest BCUT2D eigenvalue weighted by Crippen LogP contribution is 2.21. The summed E-state index contributed by atoms with van der Waals surface area (Å²) in [6.07, 6.45) is -0.561. The molecule has 2 N–H and O–H groups in total. The summed E-state index contributed by atoms with van der Waals surface area (Å²) in [5.74, 6) is -7.44. The number of nitrogens with two attached hydrogens (primary N) is 1. The lowest BCUT2D eigenvalue weighted by atomic mass is 10.0. The van der Waals surface area contributed by atoms with E-state index in [1.54, 1.807) is 12.1 Å². The van der Waals surface area contributed by atoms with Crippen molar-refractivity contribution >= 4 is 43.1 Å². The number of carbonyl (C=O) groups excluding carboxylic acids is 2. The molecule has 0 bridgehead atoms. The molecule has 0 atom stereocenters. The molecule has 0 unspecified atom stereocenters. The number of nitrogen functional groups attached to an aromatic ring is 1. The molecule has 0 saturated carbocycles. The average molecular weight is 366 g/mol. The van der Waals surface area contributed by atoms with Crippen LogP contribution >= 0.6 is 12.4 Å². The summed E-state index contributed by atoms with van der Waals surface area (Å²) in [4.78, 5) is 22.9. The van der Waals surface area contributed by atoms with Crippen LogP contribution in [0.5, 0.6) is 0 Å². The maximum atomic E-state index is 13.7. The van der Waals surface area contributed by atoms with Crippen LogP contribution in [0.3, 0.4) is 0 Å². The summed E-state index contributed by atoms with van der Waals surface area (Å²) in [5, 5.41) is 0.967. The van der Waals surface area contributed by atoms with Gasteiger partial charge in [0.2, 0.25) is 5.78 Å². The predicted molar refractivity (Wildman–Crippen MR) is 91.4 cm³/mol. The van der Waals surface area contributed by atoms with Crippen molar-refractivity contribution < 1.29 is 23.1 Å². The van der Waals surface area contributed by atoms with Gasteiger partial charge in [0.1, 0.15) is 0 Å². The van der Waals surface area contributed by atoms with Gasteiger partial charge in [-0.3, -0.25) is 4.79 Å². The number of ketones is 1. The van der Waals surface area contributed by atoms with Crippen LogP contribution in [0.1, 0.15) is 12.5 Å². The third-order valence-corrected chi connectivity index (χ3v) is 5.15. The minimum atomic E-state index is -4.14. The van der Waals surface area contributed by atoms with Crippen LogP contribution in [-0.4, -0.2) is 32.4 Å². The Morgan fingerprint density at radius 1 is 1.22 bits per heavy atom. The Bertz CT molecular complexity index is 589. The number of anilines is 1. The van der Waals surface area contributed by atoms with E-state index in [4.69, 9.17) is 5.73 Å². The van der Waals surface area contributed by atoms with E-state index in [9.17, 15) is 18.4 Å². The molecule has 0 amide bonds. The topological polar surface area (TPSA) is 69.4 Å². The molecule has 0 saturated heterocycles. The molecule has 4 nitrogen and oxygen atoms in total. The largest absolute Gasteiger partial charge is 0.461 e. The fraction of sp³-hybridized carbons (Fsp3) is 0.467. The molecular formula is C15H22ClF2NO3Si. The minimum absolute atomic E-state index is 0. The van der Waals surface area contributed by atoms with E-state index in [1.165, 1.54) is 13.0 Å². The molecule has 0 heterocycles. The van der Waals surface area contributed by atoms with Gasteiger partial charge in [-0.2, -0.15) is 8.78 Å². The van der Waals surface area contributed by atoms with Gasteiger partial charge in [-0.1, -0.05) is 30.9 Å². The third kappa shape index (κ3) is 5.58. The van der Waals surface area contributed by atoms with Crippen LogP contribution in [0.2, 0.25) is 19.6 Å². The summed E-state index contributed by atoms with van der Waals surface area (Å²) in [7, 11) is -1.70. The van der Waals surface area contributed by atoms with Crippen LogP contribution in [-0.2, 0) is 20.7 Å². The summed E-state index contributed by atoms with van der Waals surface area (Å²) in [6, 6.07) is 4.98. The van der Waals surface area contributed by atoms with Gasteiger partial charge in [-0.25, -0.2) is 4.79 Å². The molecule has 1 rings (SSSR count). The van der Waals surface area contributed by atoms with Gasteiger partial charge in [0.05, 0.1) is 14.7 Å². The molecule has 1 aromatic rings. The summed E-state index contributed by atoms with van der Waals surface area (Å²) in [6.45, 7) is 7.44. The predicted octanol–water partition coefficient (Wildman–Crippen LogP) is 2.55. The van der Waals surface area contributed by atoms with Crippen molar-refractivity contribution in [2.24, 2.45) is 0 Å². The Morgan fingerprint density at radius 2 is 1.78 bits per heavy atom. The summed E-state index contributed by atoms with van der Waals surface area (Å²) in [5.41, 5.74) is 6.58. The van der Waals surface area contributed by atoms with Crippen molar-refractivity contribution in [1.82, 2.24) is 0 Å². The number of carbonyl (C=O) groups is 2. The maximum Gasteiger partial charge on any atom is 0.400 e. The first-order valence-electron chi connectivity index (χ1n) is 6.96. The zero-order chi connectivity index (χ0) is 17.1. The number of benzene rings is 1. The van der Waals surface area contributed by atoms with E-state index in [1.807, 2.05) is 0 Å². The van der Waals surface area contributed by atoms with Crippen LogP contribution in [0, 0.1) is 0 Å². The number of halogens is 3. The highest BCUT2D eigenvalue weighted by Gasteiger charge is 2.48. The van der Waals surface area contributed by atoms with Crippen molar-refractivity contribution in [3.63, 3.8) is 0 Å². The van der Waals surface area contributed by atoms with Crippen LogP contribution in [0.4, 0.5) is 14.5 Å². The summed E-state index contributed by atoms with van der Waals surface area (Å²) >= 11 is 0. The quantitative estimate of drug-likeness (QED) is 0.364. The monoisotopic (exact) mass is 365 g/mol. The van der Waals surface area contributed by atoms with Crippen LogP contribution in [0.25, 0.3) is 0 Å². The Hall–Kier alpha value is -1.47. The first-order valence-corrected chi connectivity index (χ1v) is 10.5. The molecule has 0 radical (unpaired) electrons. The zero-order valence-electron chi connectivity index (χ0n) is 13.6. The van der Waals surface area contributed by atoms with Gasteiger partial charge in [0.25, 0.3) is 0 Å². The Kier molecular flexibility index (Phi) is 7.37. The van der Waals surface area contributed by atoms with Crippen molar-refractivity contribution in [1.29, 1.82) is 0 Å². The Morgan fingerprint density at radius 3 is 2.26 bits per heavy atom. The van der Waals surface area contributed by atoms with E-state index in [2.05, 4.69) is 24.4 Å². The number of hydrogen-bond acceptors (Lipinski definition) is 4. The third-order valence-electron chi connectivity index (χ3n) is 3.13. The first kappa shape index (κ1) is 21.5. The number of Topliss-reactive ketones (excluding diaryl/α,β-unsaturated/α-hetero) is 1. The zero-order valence-corrected chi connectivity index (χ0v) is 15.4. The second-order valence-electron chi connectivity index (χ2n) is 6.11. The van der Waals surface area contributed by atoms with Crippen LogP contribution in [0.15, 0.2) is 18.2 Å². The van der Waals surface area contributed by atoms with Gasteiger partial charge in [-0.05, 0) is 24.6 Å². The SMILES string of the molecule is CCOC(=O)C(F)(F)C(=O)Cc1cc(N)cc([Si](C)(C)C)c1.Cl. The number of rotatable bonds is 6. The highest BCUT2D eigenvalue weighted by atomic mass is 35.5. The summed E-state index contributed by atoms with van der Waals surface area (Å²) < 4.78 is 31.6. The average Bonchev–Trinajstić information content (AvgIpc) is 2.37. The molecule has 0 aliphatic heterocycles. The molecule has 130 valence electrons. The fourth-order valence-corrected chi connectivity index (χ4v) is 3.10. The second-order valence-corrected chi connectivity index (χ2v) is 11.2. The van der Waals surface area contributed by atoms with Gasteiger partial charge in [-0.15, -0.1) is 12.4 Å². The van der Waals surface area contributed by atoms with E-state index < -0.39 is 32.2 Å². The van der Waals surface area contributed by atoms with Gasteiger partial charge in [0.15, 0.2) is 0 Å². The van der Waals surface area contributed by atoms with Crippen molar-refractivity contribution in [2.45, 2.75) is 38.9 Å². The molecule has 8 heteroatoms. The molecule has 0 aliphatic carbocycles. The second kappa shape index (κ2) is 7.87. The van der Waals surface area contributed by atoms with E-state index >= 15 is 0 Å². The van der Waals surface area contributed by atoms with Crippen LogP contribution < -0.4 is 10.9 Å². The number of esters is 1. The lowest BCUT2D eigenvalue weighted by Crippen LogP contribution is -2.41. The van der Waals surface area contributed by atoms with Crippen molar-refractivity contribution in [2.75, 3.05) is 12.3 Å². The van der Waals surface area contributed by atoms with E-state index in [0.717, 1.165) is 5.19 Å². The molecule has 0 spiro atoms. The molecule has 0 fully saturated rings. The van der Waals surface area contributed by atoms with Gasteiger partial charge in [0, 0.05) is 12.1 Å². The number of hydrogen-bond donors (Lipinski definition) is 1. The standard InChI is InChI=1S/C15H21F2NO3Si.ClH/c1-5-21-14(20)15(16,17)13(19)8-10-6-11(18)9-12(7-10)22(2,3)4;/h6-7,9H,5,8,18H2,1-4H3;1H. The highest BCUT2D eigenvalue weighted by molar-refractivity contribution is 6.88. The van der Waals surface area contributed by atoms with Gasteiger partial charge >= 0.3 is 11.9 Å². The number of ether oxygens (including phenoxy) is 1. The van der Waals surface area contributed by atoms with E-state index in [0.29, 0.717) is 11.3 Å². The molecule has 23 heavy (non-hydrogen) atoms. The molecule has 1 aromatic carbocycles. The van der Waals surface area contributed by atoms with Crippen molar-refractivity contribution in [3.05, 3.63) is 23.8 Å². The number of alkyl halides is 2. The minimum Gasteiger partial charge on any atom is -0.461 e. The van der Waals surface area contributed by atoms with Gasteiger partial charge < -0.3 is 10.5 Å². The molecule has 0 aromatic heterocycles. The Balaban J connectivity index is 0.00000484. The fourth-order valence-electron chi connectivity index (χ4n) is 1.89. The van der Waals surface area contributed by atoms with E-state index in [-0.39, 0.29) is 19.0 Å². The smallest absolute Gasteiger partial charge is 0.400 e. The van der Waals surface area contributed by atoms with Crippen molar-refractivity contribution in [3.8, 4) is 0 Å². The lowest BCUT2D eigenvalue weighted by molar-refractivity contribution is -0.176. The maximum absolute atomic E-state index is 13.7. The first-order chi connectivity index (χ1) is 9.98. The Labute approximate surface area is 141 Å². The molecule has 0 aliphatic rings. The molecular weight excluding hydrogens is 344 g/mol.